The fourth-order valence-electron chi connectivity index (χ4n) is 7.04. The quantitative estimate of drug-likeness (QED) is 0.494. The van der Waals surface area contributed by atoms with Gasteiger partial charge < -0.3 is 5.11 Å². The third-order valence-electron chi connectivity index (χ3n) is 8.52. The van der Waals surface area contributed by atoms with Crippen LogP contribution in [0.3, 0.4) is 0 Å². The van der Waals surface area contributed by atoms with E-state index in [1.807, 2.05) is 0 Å². The smallest absolute Gasteiger partial charge is 0.303 e. The van der Waals surface area contributed by atoms with E-state index in [2.05, 4.69) is 35.2 Å². The van der Waals surface area contributed by atoms with E-state index in [-0.39, 0.29) is 5.92 Å². The summed E-state index contributed by atoms with van der Waals surface area (Å²) in [6.07, 6.45) is 17.8. The van der Waals surface area contributed by atoms with Crippen molar-refractivity contribution in [3.05, 3.63) is 35.9 Å². The predicted molar refractivity (Wildman–Crippen MR) is 127 cm³/mol. The van der Waals surface area contributed by atoms with Crippen LogP contribution in [0, 0.1) is 17.8 Å². The molecule has 0 aliphatic heterocycles. The first-order valence-electron chi connectivity index (χ1n) is 13.2. The molecule has 3 atom stereocenters. The lowest BCUT2D eigenvalue weighted by Crippen LogP contribution is -2.48. The van der Waals surface area contributed by atoms with Crippen LogP contribution in [0.2, 0.25) is 0 Å². The van der Waals surface area contributed by atoms with Gasteiger partial charge in [-0.15, -0.1) is 0 Å². The van der Waals surface area contributed by atoms with Gasteiger partial charge in [-0.25, -0.2) is 0 Å². The van der Waals surface area contributed by atoms with Crippen molar-refractivity contribution >= 4 is 5.97 Å². The number of hydrogen-bond acceptors (Lipinski definition) is 2. The van der Waals surface area contributed by atoms with Gasteiger partial charge in [0.1, 0.15) is 0 Å². The molecule has 1 aromatic rings. The van der Waals surface area contributed by atoms with Crippen molar-refractivity contribution in [1.82, 2.24) is 4.90 Å². The Bertz CT molecular complexity index is 643. The third-order valence-corrected chi connectivity index (χ3v) is 8.52. The molecule has 0 heterocycles. The van der Waals surface area contributed by atoms with Gasteiger partial charge in [-0.05, 0) is 61.8 Å². The molecule has 3 aliphatic rings. The Morgan fingerprint density at radius 2 is 1.35 bits per heavy atom. The number of rotatable bonds is 8. The normalized spacial score (nSPS) is 28.6. The molecule has 4 rings (SSSR count). The van der Waals surface area contributed by atoms with Gasteiger partial charge >= 0.3 is 5.97 Å². The molecule has 0 radical (unpaired) electrons. The van der Waals surface area contributed by atoms with Crippen molar-refractivity contribution in [2.45, 2.75) is 102 Å². The van der Waals surface area contributed by atoms with E-state index in [9.17, 15) is 9.90 Å². The summed E-state index contributed by atoms with van der Waals surface area (Å²) in [5.41, 5.74) is 1.37. The van der Waals surface area contributed by atoms with Crippen LogP contribution in [-0.4, -0.2) is 35.1 Å². The Hall–Kier alpha value is -1.35. The van der Waals surface area contributed by atoms with Crippen molar-refractivity contribution in [3.8, 4) is 0 Å². The van der Waals surface area contributed by atoms with E-state index in [0.717, 1.165) is 18.3 Å². The molecule has 3 fully saturated rings. The maximum atomic E-state index is 11.7. The summed E-state index contributed by atoms with van der Waals surface area (Å²) in [5.74, 6) is 1.68. The Labute approximate surface area is 189 Å². The van der Waals surface area contributed by atoms with Gasteiger partial charge in [0.25, 0.3) is 0 Å². The van der Waals surface area contributed by atoms with Crippen LogP contribution in [0.5, 0.6) is 0 Å². The molecule has 0 bridgehead atoms. The number of aliphatic carboxylic acids is 1. The molecule has 3 saturated carbocycles. The van der Waals surface area contributed by atoms with E-state index in [4.69, 9.17) is 0 Å². The molecule has 3 heteroatoms. The van der Waals surface area contributed by atoms with Crippen LogP contribution < -0.4 is 0 Å². The number of hydrogen-bond donors (Lipinski definition) is 1. The first-order chi connectivity index (χ1) is 15.2. The first-order valence-corrected chi connectivity index (χ1v) is 13.2. The van der Waals surface area contributed by atoms with Crippen LogP contribution in [0.4, 0.5) is 0 Å². The second-order valence-electron chi connectivity index (χ2n) is 10.8. The highest BCUT2D eigenvalue weighted by atomic mass is 16.4. The average molecular weight is 426 g/mol. The number of nitrogens with zero attached hydrogens (tertiary/aromatic N) is 1. The molecule has 1 aromatic carbocycles. The highest BCUT2D eigenvalue weighted by Gasteiger charge is 2.39. The molecule has 3 aliphatic carbocycles. The first kappa shape index (κ1) is 22.8. The molecule has 172 valence electrons. The number of carboxylic acid groups (broad SMARTS) is 1. The molecular formula is C28H43NO2. The van der Waals surface area contributed by atoms with Gasteiger partial charge in [0, 0.05) is 31.5 Å². The SMILES string of the molecule is O=C(O)CC1CCCC(N(CC2CCCCC2)CC2CCCCC2)C1c1ccccc1. The average Bonchev–Trinajstić information content (AvgIpc) is 2.80. The zero-order chi connectivity index (χ0) is 21.5. The number of carboxylic acids is 1. The van der Waals surface area contributed by atoms with Crippen molar-refractivity contribution in [2.75, 3.05) is 13.1 Å². The summed E-state index contributed by atoms with van der Waals surface area (Å²) in [5, 5.41) is 9.66. The Kier molecular flexibility index (Phi) is 8.47. The minimum Gasteiger partial charge on any atom is -0.481 e. The summed E-state index contributed by atoms with van der Waals surface area (Å²) in [7, 11) is 0. The Morgan fingerprint density at radius 1 is 0.774 bits per heavy atom. The lowest BCUT2D eigenvalue weighted by molar-refractivity contribution is -0.138. The Morgan fingerprint density at radius 3 is 1.90 bits per heavy atom. The summed E-state index contributed by atoms with van der Waals surface area (Å²) in [6.45, 7) is 2.48. The molecule has 3 unspecified atom stereocenters. The van der Waals surface area contributed by atoms with Crippen LogP contribution in [0.15, 0.2) is 30.3 Å². The molecule has 0 amide bonds. The van der Waals surface area contributed by atoms with E-state index < -0.39 is 5.97 Å². The van der Waals surface area contributed by atoms with Crippen molar-refractivity contribution in [1.29, 1.82) is 0 Å². The minimum absolute atomic E-state index is 0.263. The van der Waals surface area contributed by atoms with Gasteiger partial charge in [0.2, 0.25) is 0 Å². The molecule has 3 nitrogen and oxygen atoms in total. The van der Waals surface area contributed by atoms with Crippen LogP contribution in [0.25, 0.3) is 0 Å². The zero-order valence-corrected chi connectivity index (χ0v) is 19.4. The lowest BCUT2D eigenvalue weighted by Gasteiger charge is -2.47. The van der Waals surface area contributed by atoms with Crippen molar-refractivity contribution in [2.24, 2.45) is 17.8 Å². The summed E-state index contributed by atoms with van der Waals surface area (Å²) in [4.78, 5) is 14.6. The van der Waals surface area contributed by atoms with E-state index in [0.29, 0.717) is 18.4 Å². The molecule has 31 heavy (non-hydrogen) atoms. The largest absolute Gasteiger partial charge is 0.481 e. The lowest BCUT2D eigenvalue weighted by atomic mass is 9.70. The van der Waals surface area contributed by atoms with Crippen LogP contribution in [0.1, 0.15) is 101 Å². The van der Waals surface area contributed by atoms with Gasteiger partial charge in [0.05, 0.1) is 0 Å². The van der Waals surface area contributed by atoms with Crippen LogP contribution in [-0.2, 0) is 4.79 Å². The highest BCUT2D eigenvalue weighted by Crippen LogP contribution is 2.43. The maximum Gasteiger partial charge on any atom is 0.303 e. The van der Waals surface area contributed by atoms with E-state index >= 15 is 0 Å². The van der Waals surface area contributed by atoms with E-state index in [1.165, 1.54) is 95.7 Å². The van der Waals surface area contributed by atoms with Crippen LogP contribution >= 0.6 is 0 Å². The van der Waals surface area contributed by atoms with Crippen molar-refractivity contribution < 1.29 is 9.90 Å². The zero-order valence-electron chi connectivity index (χ0n) is 19.4. The summed E-state index contributed by atoms with van der Waals surface area (Å²) < 4.78 is 0. The summed E-state index contributed by atoms with van der Waals surface area (Å²) in [6, 6.07) is 11.4. The molecular weight excluding hydrogens is 382 g/mol. The second kappa shape index (κ2) is 11.5. The molecule has 0 aromatic heterocycles. The fraction of sp³-hybridized carbons (Fsp3) is 0.750. The number of carbonyl (C=O) groups is 1. The minimum atomic E-state index is -0.627. The molecule has 0 spiro atoms. The van der Waals surface area contributed by atoms with Crippen molar-refractivity contribution in [3.63, 3.8) is 0 Å². The Balaban J connectivity index is 1.59. The number of benzene rings is 1. The molecule has 0 saturated heterocycles. The molecule has 1 N–H and O–H groups in total. The van der Waals surface area contributed by atoms with Gasteiger partial charge in [-0.1, -0.05) is 75.3 Å². The topological polar surface area (TPSA) is 40.5 Å². The van der Waals surface area contributed by atoms with Gasteiger partial charge in [-0.3, -0.25) is 9.69 Å². The second-order valence-corrected chi connectivity index (χ2v) is 10.8. The predicted octanol–water partition coefficient (Wildman–Crippen LogP) is 6.88. The summed E-state index contributed by atoms with van der Waals surface area (Å²) >= 11 is 0. The van der Waals surface area contributed by atoms with E-state index in [1.54, 1.807) is 0 Å². The fourth-order valence-corrected chi connectivity index (χ4v) is 7.04. The highest BCUT2D eigenvalue weighted by molar-refractivity contribution is 5.67. The monoisotopic (exact) mass is 425 g/mol. The van der Waals surface area contributed by atoms with Gasteiger partial charge in [-0.2, -0.15) is 0 Å². The van der Waals surface area contributed by atoms with Gasteiger partial charge in [0.15, 0.2) is 0 Å². The maximum absolute atomic E-state index is 11.7. The third kappa shape index (κ3) is 6.34. The standard InChI is InChI=1S/C28H43NO2/c30-27(31)19-25-17-10-18-26(28(25)24-15-8-3-9-16-24)29(20-22-11-4-1-5-12-22)21-23-13-6-2-7-14-23/h3,8-9,15-16,22-23,25-26,28H,1-2,4-7,10-14,17-21H2,(H,30,31).